The molecule has 17 heavy (non-hydrogen) atoms. The van der Waals surface area contributed by atoms with E-state index in [-0.39, 0.29) is 23.8 Å². The minimum atomic E-state index is -0.361. The highest BCUT2D eigenvalue weighted by atomic mass is 79.9. The van der Waals surface area contributed by atoms with Crippen LogP contribution in [0.15, 0.2) is 34.4 Å². The van der Waals surface area contributed by atoms with Crippen molar-refractivity contribution >= 4 is 38.8 Å². The molecule has 86 valence electrons. The van der Waals surface area contributed by atoms with Crippen LogP contribution >= 0.6 is 27.3 Å². The third-order valence-corrected chi connectivity index (χ3v) is 3.65. The summed E-state index contributed by atoms with van der Waals surface area (Å²) in [4.78, 5) is 31.6. The SMILES string of the molecule is O=C(CC(=O)c1ccc(Br)s1)c1ncccn1. The molecule has 0 saturated carbocycles. The number of Topliss-reactive ketones (excluding diaryl/α,β-unsaturated/α-hetero) is 2. The zero-order chi connectivity index (χ0) is 12.3. The van der Waals surface area contributed by atoms with Gasteiger partial charge < -0.3 is 0 Å². The standard InChI is InChI=1S/C11H7BrN2O2S/c12-10-3-2-9(17-10)7(15)6-8(16)11-13-4-1-5-14-11/h1-5H,6H2. The number of thiophene rings is 1. The molecular formula is C11H7BrN2O2S. The van der Waals surface area contributed by atoms with Crippen molar-refractivity contribution in [2.75, 3.05) is 0 Å². The van der Waals surface area contributed by atoms with Crippen LogP contribution in [0, 0.1) is 0 Å². The number of rotatable bonds is 4. The fourth-order valence-corrected chi connectivity index (χ4v) is 2.54. The minimum Gasteiger partial charge on any atom is -0.293 e. The Balaban J connectivity index is 2.07. The van der Waals surface area contributed by atoms with Crippen molar-refractivity contribution in [3.8, 4) is 0 Å². The summed E-state index contributed by atoms with van der Waals surface area (Å²) in [5, 5.41) is 0. The van der Waals surface area contributed by atoms with Crippen LogP contribution in [0.25, 0.3) is 0 Å². The molecule has 0 aliphatic rings. The third-order valence-electron chi connectivity index (χ3n) is 1.98. The lowest BCUT2D eigenvalue weighted by Crippen LogP contribution is -2.10. The lowest BCUT2D eigenvalue weighted by atomic mass is 10.1. The number of ketones is 2. The Bertz CT molecular complexity index is 554. The minimum absolute atomic E-state index is 0.0801. The van der Waals surface area contributed by atoms with Crippen molar-refractivity contribution in [1.29, 1.82) is 0 Å². The van der Waals surface area contributed by atoms with Crippen molar-refractivity contribution in [1.82, 2.24) is 9.97 Å². The van der Waals surface area contributed by atoms with E-state index in [1.165, 1.54) is 23.7 Å². The molecule has 0 saturated heterocycles. The molecular weight excluding hydrogens is 304 g/mol. The van der Waals surface area contributed by atoms with E-state index in [9.17, 15) is 9.59 Å². The highest BCUT2D eigenvalue weighted by Gasteiger charge is 2.16. The first kappa shape index (κ1) is 12.1. The number of halogens is 1. The molecule has 0 fully saturated rings. The van der Waals surface area contributed by atoms with E-state index in [0.717, 1.165) is 3.79 Å². The molecule has 0 amide bonds. The van der Waals surface area contributed by atoms with E-state index in [1.807, 2.05) is 0 Å². The first-order valence-electron chi connectivity index (χ1n) is 4.75. The summed E-state index contributed by atoms with van der Waals surface area (Å²) >= 11 is 4.58. The molecule has 0 aliphatic carbocycles. The maximum atomic E-state index is 11.8. The van der Waals surface area contributed by atoms with E-state index in [2.05, 4.69) is 25.9 Å². The molecule has 2 aromatic heterocycles. The van der Waals surface area contributed by atoms with Crippen molar-refractivity contribution < 1.29 is 9.59 Å². The molecule has 0 radical (unpaired) electrons. The molecule has 0 aromatic carbocycles. The molecule has 2 rings (SSSR count). The van der Waals surface area contributed by atoms with Gasteiger partial charge in [0.25, 0.3) is 0 Å². The van der Waals surface area contributed by atoms with Crippen LogP contribution in [0.4, 0.5) is 0 Å². The van der Waals surface area contributed by atoms with Crippen molar-refractivity contribution in [3.63, 3.8) is 0 Å². The largest absolute Gasteiger partial charge is 0.293 e. The van der Waals surface area contributed by atoms with Gasteiger partial charge >= 0.3 is 0 Å². The van der Waals surface area contributed by atoms with Gasteiger partial charge in [0, 0.05) is 12.4 Å². The Kier molecular flexibility index (Phi) is 3.75. The number of carbonyl (C=O) groups excluding carboxylic acids is 2. The fourth-order valence-electron chi connectivity index (χ4n) is 1.22. The first-order valence-corrected chi connectivity index (χ1v) is 6.36. The number of hydrogen-bond donors (Lipinski definition) is 0. The Labute approximate surface area is 110 Å². The first-order chi connectivity index (χ1) is 8.16. The van der Waals surface area contributed by atoms with Crippen molar-refractivity contribution in [2.45, 2.75) is 6.42 Å². The van der Waals surface area contributed by atoms with Gasteiger partial charge in [-0.2, -0.15) is 0 Å². The van der Waals surface area contributed by atoms with Crippen LogP contribution in [-0.2, 0) is 0 Å². The lowest BCUT2D eigenvalue weighted by Gasteiger charge is -1.96. The Hall–Kier alpha value is -1.40. The van der Waals surface area contributed by atoms with Gasteiger partial charge in [-0.25, -0.2) is 9.97 Å². The number of nitrogens with zero attached hydrogens (tertiary/aromatic N) is 2. The third kappa shape index (κ3) is 3.04. The van der Waals surface area contributed by atoms with E-state index in [1.54, 1.807) is 18.2 Å². The molecule has 6 heteroatoms. The average Bonchev–Trinajstić information content (AvgIpc) is 2.77. The quantitative estimate of drug-likeness (QED) is 0.643. The topological polar surface area (TPSA) is 59.9 Å². The van der Waals surface area contributed by atoms with Gasteiger partial charge in [0.1, 0.15) is 0 Å². The normalized spacial score (nSPS) is 10.2. The zero-order valence-corrected chi connectivity index (χ0v) is 11.0. The van der Waals surface area contributed by atoms with Gasteiger partial charge in [0.05, 0.1) is 15.1 Å². The van der Waals surface area contributed by atoms with Crippen LogP contribution in [0.3, 0.4) is 0 Å². The summed E-state index contributed by atoms with van der Waals surface area (Å²) in [5.74, 6) is -0.491. The van der Waals surface area contributed by atoms with E-state index < -0.39 is 0 Å². The number of aromatic nitrogens is 2. The second-order valence-corrected chi connectivity index (χ2v) is 5.66. The summed E-state index contributed by atoms with van der Waals surface area (Å²) in [6.07, 6.45) is 2.76. The Morgan fingerprint density at radius 1 is 1.18 bits per heavy atom. The fraction of sp³-hybridized carbons (Fsp3) is 0.0909. The Morgan fingerprint density at radius 3 is 2.47 bits per heavy atom. The highest BCUT2D eigenvalue weighted by molar-refractivity contribution is 9.11. The monoisotopic (exact) mass is 310 g/mol. The molecule has 0 N–H and O–H groups in total. The molecule has 0 atom stereocenters. The summed E-state index contributed by atoms with van der Waals surface area (Å²) in [6, 6.07) is 5.09. The van der Waals surface area contributed by atoms with E-state index in [0.29, 0.717) is 4.88 Å². The van der Waals surface area contributed by atoms with Gasteiger partial charge in [0.15, 0.2) is 11.6 Å². The highest BCUT2D eigenvalue weighted by Crippen LogP contribution is 2.23. The Morgan fingerprint density at radius 2 is 1.88 bits per heavy atom. The number of carbonyl (C=O) groups is 2. The van der Waals surface area contributed by atoms with Gasteiger partial charge in [-0.3, -0.25) is 9.59 Å². The zero-order valence-electron chi connectivity index (χ0n) is 8.59. The molecule has 0 bridgehead atoms. The van der Waals surface area contributed by atoms with Gasteiger partial charge in [-0.05, 0) is 34.1 Å². The van der Waals surface area contributed by atoms with E-state index >= 15 is 0 Å². The lowest BCUT2D eigenvalue weighted by molar-refractivity contribution is 0.0890. The van der Waals surface area contributed by atoms with Gasteiger partial charge in [-0.15, -0.1) is 11.3 Å². The van der Waals surface area contributed by atoms with Crippen molar-refractivity contribution in [2.24, 2.45) is 0 Å². The van der Waals surface area contributed by atoms with Crippen LogP contribution in [0.5, 0.6) is 0 Å². The summed E-state index contributed by atoms with van der Waals surface area (Å²) in [5.41, 5.74) is 0. The van der Waals surface area contributed by atoms with E-state index in [4.69, 9.17) is 0 Å². The van der Waals surface area contributed by atoms with Crippen LogP contribution < -0.4 is 0 Å². The number of hydrogen-bond acceptors (Lipinski definition) is 5. The predicted molar refractivity (Wildman–Crippen MR) is 67.3 cm³/mol. The maximum absolute atomic E-state index is 11.8. The molecule has 2 heterocycles. The van der Waals surface area contributed by atoms with Crippen LogP contribution in [0.2, 0.25) is 0 Å². The molecule has 2 aromatic rings. The second-order valence-electron chi connectivity index (χ2n) is 3.20. The molecule has 0 unspecified atom stereocenters. The second kappa shape index (κ2) is 5.29. The summed E-state index contributed by atoms with van der Waals surface area (Å²) < 4.78 is 0.865. The molecule has 0 spiro atoms. The summed E-state index contributed by atoms with van der Waals surface area (Å²) in [6.45, 7) is 0. The molecule has 4 nitrogen and oxygen atoms in total. The average molecular weight is 311 g/mol. The van der Waals surface area contributed by atoms with Gasteiger partial charge in [0.2, 0.25) is 5.78 Å². The smallest absolute Gasteiger partial charge is 0.207 e. The van der Waals surface area contributed by atoms with Crippen LogP contribution in [-0.4, -0.2) is 21.5 Å². The predicted octanol–water partition coefficient (Wildman–Crippen LogP) is 2.76. The van der Waals surface area contributed by atoms with Gasteiger partial charge in [-0.1, -0.05) is 0 Å². The van der Waals surface area contributed by atoms with Crippen LogP contribution in [0.1, 0.15) is 26.7 Å². The maximum Gasteiger partial charge on any atom is 0.207 e. The summed E-state index contributed by atoms with van der Waals surface area (Å²) in [7, 11) is 0. The van der Waals surface area contributed by atoms with Crippen molar-refractivity contribution in [3.05, 3.63) is 45.1 Å². The molecule has 0 aliphatic heterocycles.